The van der Waals surface area contributed by atoms with Gasteiger partial charge in [0.05, 0.1) is 24.0 Å². The summed E-state index contributed by atoms with van der Waals surface area (Å²) in [6, 6.07) is 19.4. The molecule has 2 aromatic carbocycles. The van der Waals surface area contributed by atoms with Crippen LogP contribution in [0, 0.1) is 11.3 Å². The number of nitrogens with one attached hydrogen (secondary N) is 1. The Morgan fingerprint density at radius 2 is 2.08 bits per heavy atom. The molecule has 25 heavy (non-hydrogen) atoms. The number of rotatable bonds is 5. The Hall–Kier alpha value is -2.90. The van der Waals surface area contributed by atoms with E-state index in [0.29, 0.717) is 0 Å². The third kappa shape index (κ3) is 3.19. The average Bonchev–Trinajstić information content (AvgIpc) is 3.32. The van der Waals surface area contributed by atoms with Gasteiger partial charge >= 0.3 is 0 Å². The highest BCUT2D eigenvalue weighted by Gasteiger charge is 2.27. The maximum Gasteiger partial charge on any atom is 0.0994 e. The van der Waals surface area contributed by atoms with Crippen molar-refractivity contribution in [2.75, 3.05) is 0 Å². The van der Waals surface area contributed by atoms with Gasteiger partial charge < -0.3 is 9.88 Å². The molecule has 4 heteroatoms. The molecule has 0 amide bonds. The maximum atomic E-state index is 9.34. The first-order valence-corrected chi connectivity index (χ1v) is 8.64. The van der Waals surface area contributed by atoms with Gasteiger partial charge in [0, 0.05) is 25.0 Å². The molecule has 2 unspecified atom stereocenters. The number of imidazole rings is 1. The normalized spacial score (nSPS) is 17.0. The second-order valence-corrected chi connectivity index (χ2v) is 6.47. The van der Waals surface area contributed by atoms with Crippen molar-refractivity contribution in [1.82, 2.24) is 14.9 Å². The second kappa shape index (κ2) is 6.92. The fourth-order valence-corrected chi connectivity index (χ4v) is 3.72. The van der Waals surface area contributed by atoms with E-state index >= 15 is 0 Å². The zero-order valence-corrected chi connectivity index (χ0v) is 14.0. The minimum Gasteiger partial charge on any atom is -0.336 e. The number of hydrogen-bond acceptors (Lipinski definition) is 3. The van der Waals surface area contributed by atoms with Gasteiger partial charge in [0.25, 0.3) is 0 Å². The van der Waals surface area contributed by atoms with Gasteiger partial charge in [-0.25, -0.2) is 4.98 Å². The standard InChI is InChI=1S/C21H20N4/c22-13-17-7-4-8-19-18(17)9-10-20(19)24-21(14-25-12-11-23-15-25)16-5-2-1-3-6-16/h1-8,11-12,15,20-21,24H,9-10,14H2. The van der Waals surface area contributed by atoms with Crippen LogP contribution < -0.4 is 5.32 Å². The van der Waals surface area contributed by atoms with E-state index in [2.05, 4.69) is 51.3 Å². The average molecular weight is 328 g/mol. The molecule has 1 aliphatic carbocycles. The molecule has 0 aliphatic heterocycles. The highest BCUT2D eigenvalue weighted by Crippen LogP contribution is 2.35. The zero-order valence-electron chi connectivity index (χ0n) is 14.0. The van der Waals surface area contributed by atoms with Crippen LogP contribution in [0.15, 0.2) is 67.3 Å². The Morgan fingerprint density at radius 3 is 2.84 bits per heavy atom. The Labute approximate surface area is 147 Å². The first kappa shape index (κ1) is 15.6. The first-order chi connectivity index (χ1) is 12.3. The zero-order chi connectivity index (χ0) is 17.1. The molecule has 1 heterocycles. The largest absolute Gasteiger partial charge is 0.336 e. The van der Waals surface area contributed by atoms with Crippen molar-refractivity contribution in [2.24, 2.45) is 0 Å². The lowest BCUT2D eigenvalue weighted by molar-refractivity contribution is 0.400. The maximum absolute atomic E-state index is 9.34. The molecule has 0 fully saturated rings. The number of benzene rings is 2. The summed E-state index contributed by atoms with van der Waals surface area (Å²) in [7, 11) is 0. The molecule has 1 aliphatic rings. The molecular formula is C21H20N4. The molecular weight excluding hydrogens is 308 g/mol. The van der Waals surface area contributed by atoms with E-state index < -0.39 is 0 Å². The van der Waals surface area contributed by atoms with Crippen LogP contribution in [0.25, 0.3) is 0 Å². The summed E-state index contributed by atoms with van der Waals surface area (Å²) >= 11 is 0. The number of fused-ring (bicyclic) bond motifs is 1. The van der Waals surface area contributed by atoms with E-state index in [0.717, 1.165) is 24.9 Å². The number of hydrogen-bond donors (Lipinski definition) is 1. The molecule has 0 radical (unpaired) electrons. The van der Waals surface area contributed by atoms with Crippen molar-refractivity contribution >= 4 is 0 Å². The highest BCUT2D eigenvalue weighted by atomic mass is 15.1. The summed E-state index contributed by atoms with van der Waals surface area (Å²) in [5, 5.41) is 13.2. The number of nitriles is 1. The summed E-state index contributed by atoms with van der Waals surface area (Å²) in [5.41, 5.74) is 4.55. The molecule has 4 nitrogen and oxygen atoms in total. The lowest BCUT2D eigenvalue weighted by atomic mass is 10.0. The molecule has 0 saturated heterocycles. The van der Waals surface area contributed by atoms with Gasteiger partial charge in [-0.15, -0.1) is 0 Å². The molecule has 1 aromatic heterocycles. The SMILES string of the molecule is N#Cc1cccc2c1CCC2NC(Cn1ccnc1)c1ccccc1. The van der Waals surface area contributed by atoms with Gasteiger partial charge in [-0.3, -0.25) is 0 Å². The third-order valence-electron chi connectivity index (χ3n) is 4.95. The van der Waals surface area contributed by atoms with E-state index in [4.69, 9.17) is 0 Å². The fourth-order valence-electron chi connectivity index (χ4n) is 3.72. The summed E-state index contributed by atoms with van der Waals surface area (Å²) in [6.07, 6.45) is 7.65. The first-order valence-electron chi connectivity index (χ1n) is 8.64. The van der Waals surface area contributed by atoms with E-state index in [1.807, 2.05) is 36.9 Å². The molecule has 0 saturated carbocycles. The highest BCUT2D eigenvalue weighted by molar-refractivity contribution is 5.47. The molecule has 1 N–H and O–H groups in total. The van der Waals surface area contributed by atoms with Crippen LogP contribution >= 0.6 is 0 Å². The van der Waals surface area contributed by atoms with Gasteiger partial charge in [0.2, 0.25) is 0 Å². The van der Waals surface area contributed by atoms with Gasteiger partial charge in [-0.05, 0) is 35.6 Å². The van der Waals surface area contributed by atoms with Crippen LogP contribution in [0.2, 0.25) is 0 Å². The lowest BCUT2D eigenvalue weighted by Gasteiger charge is -2.25. The van der Waals surface area contributed by atoms with Gasteiger partial charge in [0.15, 0.2) is 0 Å². The van der Waals surface area contributed by atoms with Crippen LogP contribution in [-0.4, -0.2) is 9.55 Å². The van der Waals surface area contributed by atoms with Crippen LogP contribution in [-0.2, 0) is 13.0 Å². The van der Waals surface area contributed by atoms with E-state index in [9.17, 15) is 5.26 Å². The topological polar surface area (TPSA) is 53.6 Å². The molecule has 4 rings (SSSR count). The second-order valence-electron chi connectivity index (χ2n) is 6.47. The fraction of sp³-hybridized carbons (Fsp3) is 0.238. The Bertz CT molecular complexity index is 878. The van der Waals surface area contributed by atoms with Crippen LogP contribution in [0.4, 0.5) is 0 Å². The van der Waals surface area contributed by atoms with Gasteiger partial charge in [0.1, 0.15) is 0 Å². The van der Waals surface area contributed by atoms with Crippen molar-refractivity contribution in [3.8, 4) is 6.07 Å². The minimum absolute atomic E-state index is 0.192. The predicted molar refractivity (Wildman–Crippen MR) is 96.8 cm³/mol. The summed E-state index contributed by atoms with van der Waals surface area (Å²) < 4.78 is 2.10. The van der Waals surface area contributed by atoms with Crippen LogP contribution in [0.1, 0.15) is 40.8 Å². The van der Waals surface area contributed by atoms with Crippen molar-refractivity contribution in [2.45, 2.75) is 31.5 Å². The van der Waals surface area contributed by atoms with Gasteiger partial charge in [-0.1, -0.05) is 42.5 Å². The van der Waals surface area contributed by atoms with Crippen LogP contribution in [0.5, 0.6) is 0 Å². The van der Waals surface area contributed by atoms with Crippen molar-refractivity contribution in [3.05, 3.63) is 89.5 Å². The predicted octanol–water partition coefficient (Wildman–Crippen LogP) is 3.77. The van der Waals surface area contributed by atoms with Gasteiger partial charge in [-0.2, -0.15) is 5.26 Å². The third-order valence-corrected chi connectivity index (χ3v) is 4.95. The summed E-state index contributed by atoms with van der Waals surface area (Å²) in [4.78, 5) is 4.16. The van der Waals surface area contributed by atoms with E-state index in [1.165, 1.54) is 16.7 Å². The number of aromatic nitrogens is 2. The minimum atomic E-state index is 0.192. The quantitative estimate of drug-likeness (QED) is 0.775. The van der Waals surface area contributed by atoms with Crippen molar-refractivity contribution < 1.29 is 0 Å². The molecule has 2 atom stereocenters. The monoisotopic (exact) mass is 328 g/mol. The summed E-state index contributed by atoms with van der Waals surface area (Å²) in [6.45, 7) is 0.827. The van der Waals surface area contributed by atoms with Crippen molar-refractivity contribution in [1.29, 1.82) is 5.26 Å². The van der Waals surface area contributed by atoms with Crippen LogP contribution in [0.3, 0.4) is 0 Å². The Morgan fingerprint density at radius 1 is 1.20 bits per heavy atom. The van der Waals surface area contributed by atoms with E-state index in [-0.39, 0.29) is 12.1 Å². The molecule has 124 valence electrons. The molecule has 0 spiro atoms. The Balaban J connectivity index is 1.61. The molecule has 3 aromatic rings. The number of nitrogens with zero attached hydrogens (tertiary/aromatic N) is 3. The van der Waals surface area contributed by atoms with Crippen molar-refractivity contribution in [3.63, 3.8) is 0 Å². The molecule has 0 bridgehead atoms. The van der Waals surface area contributed by atoms with E-state index in [1.54, 1.807) is 0 Å². The smallest absolute Gasteiger partial charge is 0.0994 e. The summed E-state index contributed by atoms with van der Waals surface area (Å²) in [5.74, 6) is 0. The Kier molecular flexibility index (Phi) is 4.32. The lowest BCUT2D eigenvalue weighted by Crippen LogP contribution is -2.28.